The predicted octanol–water partition coefficient (Wildman–Crippen LogP) is 1.48. The van der Waals surface area contributed by atoms with Gasteiger partial charge >= 0.3 is 0 Å². The average molecular weight is 359 g/mol. The molecule has 1 aliphatic rings. The molecule has 1 aromatic carbocycles. The Morgan fingerprint density at radius 1 is 1.28 bits per heavy atom. The molecule has 2 rings (SSSR count). The van der Waals surface area contributed by atoms with Gasteiger partial charge in [0, 0.05) is 35.4 Å². The summed E-state index contributed by atoms with van der Waals surface area (Å²) in [6.07, 6.45) is 0. The second-order valence-corrected chi connectivity index (χ2v) is 5.68. The number of likely N-dealkylation sites (N-methyl/N-ethyl adjacent to an activating group) is 1. The quantitative estimate of drug-likeness (QED) is 0.831. The Hall–Kier alpha value is -0.820. The standard InChI is InChI=1S/C13H18IN3O/c1-16-6-8-17(9-7-16)13(18)10-15-12-5-3-2-4-11(12)14/h2-5,15H,6-10H2,1H3. The SMILES string of the molecule is CN1CCN(C(=O)CNc2ccccc2I)CC1. The molecule has 0 aromatic heterocycles. The van der Waals surface area contributed by atoms with Gasteiger partial charge in [0.05, 0.1) is 6.54 Å². The minimum absolute atomic E-state index is 0.183. The molecule has 1 amide bonds. The molecule has 0 saturated carbocycles. The van der Waals surface area contributed by atoms with Crippen LogP contribution in [0.2, 0.25) is 0 Å². The minimum Gasteiger partial charge on any atom is -0.375 e. The fraction of sp³-hybridized carbons (Fsp3) is 0.462. The fourth-order valence-electron chi connectivity index (χ4n) is 1.94. The predicted molar refractivity (Wildman–Crippen MR) is 81.7 cm³/mol. The van der Waals surface area contributed by atoms with Crippen molar-refractivity contribution in [2.45, 2.75) is 0 Å². The number of para-hydroxylation sites is 1. The second kappa shape index (κ2) is 6.38. The highest BCUT2D eigenvalue weighted by molar-refractivity contribution is 14.1. The summed E-state index contributed by atoms with van der Waals surface area (Å²) in [6.45, 7) is 3.98. The second-order valence-electron chi connectivity index (χ2n) is 4.52. The Kier molecular flexibility index (Phi) is 4.82. The summed E-state index contributed by atoms with van der Waals surface area (Å²) < 4.78 is 1.14. The number of carbonyl (C=O) groups is 1. The van der Waals surface area contributed by atoms with E-state index in [0.717, 1.165) is 35.4 Å². The first-order valence-electron chi connectivity index (χ1n) is 6.11. The Balaban J connectivity index is 1.83. The summed E-state index contributed by atoms with van der Waals surface area (Å²) in [4.78, 5) is 16.2. The number of anilines is 1. The van der Waals surface area contributed by atoms with Crippen molar-refractivity contribution in [3.63, 3.8) is 0 Å². The zero-order chi connectivity index (χ0) is 13.0. The van der Waals surface area contributed by atoms with Crippen LogP contribution in [-0.4, -0.2) is 55.5 Å². The minimum atomic E-state index is 0.183. The van der Waals surface area contributed by atoms with E-state index >= 15 is 0 Å². The monoisotopic (exact) mass is 359 g/mol. The number of piperazine rings is 1. The van der Waals surface area contributed by atoms with Crippen LogP contribution in [0.4, 0.5) is 5.69 Å². The number of carbonyl (C=O) groups excluding carboxylic acids is 1. The first kappa shape index (κ1) is 13.6. The largest absolute Gasteiger partial charge is 0.375 e. The third-order valence-electron chi connectivity index (χ3n) is 3.16. The number of benzene rings is 1. The maximum Gasteiger partial charge on any atom is 0.241 e. The molecule has 0 spiro atoms. The van der Waals surface area contributed by atoms with Gasteiger partial charge in [-0.15, -0.1) is 0 Å². The van der Waals surface area contributed by atoms with Crippen LogP contribution in [-0.2, 0) is 4.79 Å². The molecule has 1 aliphatic heterocycles. The first-order valence-corrected chi connectivity index (χ1v) is 7.19. The molecule has 98 valence electrons. The molecule has 0 bridgehead atoms. The van der Waals surface area contributed by atoms with Crippen LogP contribution in [0.1, 0.15) is 0 Å². The Morgan fingerprint density at radius 3 is 2.61 bits per heavy atom. The third-order valence-corrected chi connectivity index (χ3v) is 4.10. The van der Waals surface area contributed by atoms with Crippen molar-refractivity contribution in [2.75, 3.05) is 45.1 Å². The number of amides is 1. The lowest BCUT2D eigenvalue weighted by molar-refractivity contribution is -0.130. The fourth-order valence-corrected chi connectivity index (χ4v) is 2.52. The summed E-state index contributed by atoms with van der Waals surface area (Å²) in [7, 11) is 2.09. The molecular formula is C13H18IN3O. The van der Waals surface area contributed by atoms with Crippen molar-refractivity contribution in [1.82, 2.24) is 9.80 Å². The molecule has 0 unspecified atom stereocenters. The molecule has 0 radical (unpaired) electrons. The van der Waals surface area contributed by atoms with Gasteiger partial charge in [-0.05, 0) is 41.8 Å². The van der Waals surface area contributed by atoms with Crippen molar-refractivity contribution < 1.29 is 4.79 Å². The van der Waals surface area contributed by atoms with E-state index in [2.05, 4.69) is 39.9 Å². The molecule has 5 heteroatoms. The summed E-state index contributed by atoms with van der Waals surface area (Å²) in [5.74, 6) is 0.183. The molecule has 18 heavy (non-hydrogen) atoms. The van der Waals surface area contributed by atoms with E-state index in [4.69, 9.17) is 0 Å². The number of nitrogens with one attached hydrogen (secondary N) is 1. The zero-order valence-corrected chi connectivity index (χ0v) is 12.7. The van der Waals surface area contributed by atoms with Crippen molar-refractivity contribution >= 4 is 34.2 Å². The number of nitrogens with zero attached hydrogens (tertiary/aromatic N) is 2. The Labute approximate surface area is 121 Å². The lowest BCUT2D eigenvalue weighted by Crippen LogP contribution is -2.48. The molecule has 1 heterocycles. The van der Waals surface area contributed by atoms with Crippen LogP contribution in [0.5, 0.6) is 0 Å². The van der Waals surface area contributed by atoms with E-state index < -0.39 is 0 Å². The molecule has 1 fully saturated rings. The van der Waals surface area contributed by atoms with Crippen molar-refractivity contribution in [3.8, 4) is 0 Å². The van der Waals surface area contributed by atoms with Crippen LogP contribution in [0, 0.1) is 3.57 Å². The van der Waals surface area contributed by atoms with E-state index in [1.165, 1.54) is 0 Å². The van der Waals surface area contributed by atoms with E-state index in [1.807, 2.05) is 29.2 Å². The van der Waals surface area contributed by atoms with Gasteiger partial charge in [0.25, 0.3) is 0 Å². The number of halogens is 1. The maximum atomic E-state index is 12.0. The molecule has 0 atom stereocenters. The van der Waals surface area contributed by atoms with Gasteiger partial charge in [0.15, 0.2) is 0 Å². The van der Waals surface area contributed by atoms with Gasteiger partial charge < -0.3 is 15.1 Å². The molecule has 4 nitrogen and oxygen atoms in total. The lowest BCUT2D eigenvalue weighted by atomic mass is 10.3. The third kappa shape index (κ3) is 3.58. The van der Waals surface area contributed by atoms with Crippen LogP contribution in [0.15, 0.2) is 24.3 Å². The van der Waals surface area contributed by atoms with E-state index in [-0.39, 0.29) is 5.91 Å². The highest BCUT2D eigenvalue weighted by Crippen LogP contribution is 2.16. The highest BCUT2D eigenvalue weighted by atomic mass is 127. The summed E-state index contributed by atoms with van der Waals surface area (Å²) in [5, 5.41) is 3.21. The summed E-state index contributed by atoms with van der Waals surface area (Å²) >= 11 is 2.27. The van der Waals surface area contributed by atoms with Gasteiger partial charge in [0.2, 0.25) is 5.91 Å². The molecular weight excluding hydrogens is 341 g/mol. The van der Waals surface area contributed by atoms with Crippen LogP contribution < -0.4 is 5.32 Å². The molecule has 1 saturated heterocycles. The topological polar surface area (TPSA) is 35.6 Å². The normalized spacial score (nSPS) is 16.7. The first-order chi connectivity index (χ1) is 8.66. The Bertz CT molecular complexity index is 416. The van der Waals surface area contributed by atoms with Crippen LogP contribution in [0.25, 0.3) is 0 Å². The number of hydrogen-bond acceptors (Lipinski definition) is 3. The maximum absolute atomic E-state index is 12.0. The molecule has 0 aliphatic carbocycles. The van der Waals surface area contributed by atoms with Crippen molar-refractivity contribution in [2.24, 2.45) is 0 Å². The van der Waals surface area contributed by atoms with E-state index in [9.17, 15) is 4.79 Å². The van der Waals surface area contributed by atoms with Crippen molar-refractivity contribution in [3.05, 3.63) is 27.8 Å². The lowest BCUT2D eigenvalue weighted by Gasteiger charge is -2.32. The van der Waals surface area contributed by atoms with Crippen molar-refractivity contribution in [1.29, 1.82) is 0 Å². The van der Waals surface area contributed by atoms with E-state index in [1.54, 1.807) is 0 Å². The van der Waals surface area contributed by atoms with Gasteiger partial charge in [-0.1, -0.05) is 12.1 Å². The van der Waals surface area contributed by atoms with Gasteiger partial charge in [-0.2, -0.15) is 0 Å². The van der Waals surface area contributed by atoms with Crippen LogP contribution in [0.3, 0.4) is 0 Å². The molecule has 1 aromatic rings. The number of hydrogen-bond donors (Lipinski definition) is 1. The van der Waals surface area contributed by atoms with Gasteiger partial charge in [-0.3, -0.25) is 4.79 Å². The summed E-state index contributed by atoms with van der Waals surface area (Å²) in [6, 6.07) is 8.00. The Morgan fingerprint density at radius 2 is 1.94 bits per heavy atom. The van der Waals surface area contributed by atoms with Gasteiger partial charge in [-0.25, -0.2) is 0 Å². The highest BCUT2D eigenvalue weighted by Gasteiger charge is 2.18. The van der Waals surface area contributed by atoms with E-state index in [0.29, 0.717) is 6.54 Å². The zero-order valence-electron chi connectivity index (χ0n) is 10.5. The summed E-state index contributed by atoms with van der Waals surface area (Å²) in [5.41, 5.74) is 1.03. The van der Waals surface area contributed by atoms with Crippen LogP contribution >= 0.6 is 22.6 Å². The molecule has 1 N–H and O–H groups in total. The number of rotatable bonds is 3. The average Bonchev–Trinajstić information content (AvgIpc) is 2.38. The van der Waals surface area contributed by atoms with Gasteiger partial charge in [0.1, 0.15) is 0 Å². The smallest absolute Gasteiger partial charge is 0.241 e.